The van der Waals surface area contributed by atoms with Crippen LogP contribution in [-0.2, 0) is 19.0 Å². The van der Waals surface area contributed by atoms with Crippen molar-refractivity contribution in [1.29, 1.82) is 0 Å². The lowest BCUT2D eigenvalue weighted by molar-refractivity contribution is -0.158. The van der Waals surface area contributed by atoms with Gasteiger partial charge in [-0.2, -0.15) is 0 Å². The van der Waals surface area contributed by atoms with E-state index in [1.165, 1.54) is 6.08 Å². The zero-order valence-electron chi connectivity index (χ0n) is 23.0. The van der Waals surface area contributed by atoms with Crippen molar-refractivity contribution in [2.24, 2.45) is 5.92 Å². The minimum Gasteiger partial charge on any atom is -0.457 e. The van der Waals surface area contributed by atoms with Gasteiger partial charge in [-0.05, 0) is 53.9 Å². The lowest BCUT2D eigenvalue weighted by Gasteiger charge is -2.23. The van der Waals surface area contributed by atoms with E-state index in [4.69, 9.17) is 24.2 Å². The van der Waals surface area contributed by atoms with Gasteiger partial charge in [-0.3, -0.25) is 0 Å². The van der Waals surface area contributed by atoms with E-state index < -0.39 is 11.4 Å². The SMILES string of the molecule is CCCCNc1nc(SCCC)nc2c1nnn2[C@@H]1C[C@H](/C=C/C(=O)OC(C)(C)C)[C@H]2OC(C)(C)O[C@H]21. The molecule has 1 aliphatic heterocycles. The largest absolute Gasteiger partial charge is 0.457 e. The first-order valence-electron chi connectivity index (χ1n) is 13.3. The predicted octanol–water partition coefficient (Wildman–Crippen LogP) is 4.91. The Morgan fingerprint density at radius 2 is 1.97 bits per heavy atom. The number of nitrogens with zero attached hydrogens (tertiary/aromatic N) is 5. The highest BCUT2D eigenvalue weighted by Gasteiger charge is 2.54. The molecule has 0 spiro atoms. The lowest BCUT2D eigenvalue weighted by atomic mass is 10.0. The van der Waals surface area contributed by atoms with Crippen molar-refractivity contribution in [3.05, 3.63) is 12.2 Å². The van der Waals surface area contributed by atoms with E-state index in [2.05, 4.69) is 29.5 Å². The van der Waals surface area contributed by atoms with Crippen LogP contribution in [0.1, 0.15) is 80.2 Å². The van der Waals surface area contributed by atoms with Crippen molar-refractivity contribution in [3.8, 4) is 0 Å². The van der Waals surface area contributed by atoms with E-state index in [9.17, 15) is 4.79 Å². The second kappa shape index (κ2) is 11.2. The van der Waals surface area contributed by atoms with Crippen LogP contribution >= 0.6 is 11.8 Å². The minimum absolute atomic E-state index is 0.0542. The summed E-state index contributed by atoms with van der Waals surface area (Å²) in [4.78, 5) is 22.0. The van der Waals surface area contributed by atoms with Gasteiger partial charge in [0, 0.05) is 24.3 Å². The zero-order valence-corrected chi connectivity index (χ0v) is 23.8. The van der Waals surface area contributed by atoms with Crippen molar-refractivity contribution in [3.63, 3.8) is 0 Å². The molecule has 2 aromatic rings. The van der Waals surface area contributed by atoms with Crippen LogP contribution in [0.2, 0.25) is 0 Å². The smallest absolute Gasteiger partial charge is 0.330 e. The molecule has 4 atom stereocenters. The van der Waals surface area contributed by atoms with E-state index in [1.54, 1.807) is 11.8 Å². The molecular weight excluding hydrogens is 492 g/mol. The number of aromatic nitrogens is 5. The molecular formula is C26H40N6O4S. The quantitative estimate of drug-likeness (QED) is 0.149. The molecule has 10 nitrogen and oxygen atoms in total. The van der Waals surface area contributed by atoms with Gasteiger partial charge in [-0.25, -0.2) is 19.4 Å². The number of unbranched alkanes of at least 4 members (excludes halogenated alkanes) is 1. The number of esters is 1. The monoisotopic (exact) mass is 532 g/mol. The van der Waals surface area contributed by atoms with Crippen LogP contribution in [0.25, 0.3) is 11.2 Å². The number of carbonyl (C=O) groups is 1. The zero-order chi connectivity index (χ0) is 26.8. The highest BCUT2D eigenvalue weighted by molar-refractivity contribution is 7.99. The van der Waals surface area contributed by atoms with Crippen molar-refractivity contribution in [1.82, 2.24) is 25.0 Å². The Morgan fingerprint density at radius 3 is 2.68 bits per heavy atom. The number of anilines is 1. The Balaban J connectivity index is 1.66. The second-order valence-electron chi connectivity index (χ2n) is 11.1. The molecule has 1 saturated carbocycles. The van der Waals surface area contributed by atoms with Crippen molar-refractivity contribution in [2.45, 2.75) is 109 Å². The van der Waals surface area contributed by atoms with Gasteiger partial charge in [-0.15, -0.1) is 5.10 Å². The summed E-state index contributed by atoms with van der Waals surface area (Å²) in [6, 6.07) is -0.160. The van der Waals surface area contributed by atoms with Crippen molar-refractivity contribution < 1.29 is 19.0 Å². The van der Waals surface area contributed by atoms with Gasteiger partial charge in [0.15, 0.2) is 27.9 Å². The Hall–Kier alpha value is -2.24. The average Bonchev–Trinajstić information content (AvgIpc) is 3.46. The summed E-state index contributed by atoms with van der Waals surface area (Å²) in [5, 5.41) is 13.2. The maximum atomic E-state index is 12.4. The van der Waals surface area contributed by atoms with Gasteiger partial charge in [0.1, 0.15) is 11.7 Å². The number of hydrogen-bond donors (Lipinski definition) is 1. The molecule has 0 amide bonds. The minimum atomic E-state index is -0.744. The van der Waals surface area contributed by atoms with Crippen LogP contribution in [0.4, 0.5) is 5.82 Å². The summed E-state index contributed by atoms with van der Waals surface area (Å²) >= 11 is 1.63. The Bertz CT molecular complexity index is 1130. The molecule has 0 aromatic carbocycles. The predicted molar refractivity (Wildman–Crippen MR) is 143 cm³/mol. The normalized spacial score (nSPS) is 25.2. The van der Waals surface area contributed by atoms with Gasteiger partial charge in [0.25, 0.3) is 0 Å². The average molecular weight is 533 g/mol. The highest BCUT2D eigenvalue weighted by atomic mass is 32.2. The first kappa shape index (κ1) is 27.8. The van der Waals surface area contributed by atoms with Crippen LogP contribution in [0.15, 0.2) is 17.3 Å². The van der Waals surface area contributed by atoms with E-state index in [-0.39, 0.29) is 30.1 Å². The van der Waals surface area contributed by atoms with Crippen molar-refractivity contribution >= 4 is 34.7 Å². The van der Waals surface area contributed by atoms with E-state index >= 15 is 0 Å². The van der Waals surface area contributed by atoms with Gasteiger partial charge >= 0.3 is 5.97 Å². The molecule has 2 aromatic heterocycles. The molecule has 37 heavy (non-hydrogen) atoms. The number of carbonyl (C=O) groups excluding carboxylic acids is 1. The van der Waals surface area contributed by atoms with E-state index in [0.29, 0.717) is 28.6 Å². The van der Waals surface area contributed by atoms with Gasteiger partial charge in [0.2, 0.25) is 0 Å². The second-order valence-corrected chi connectivity index (χ2v) is 12.2. The molecule has 2 fully saturated rings. The molecule has 204 valence electrons. The molecule has 1 N–H and O–H groups in total. The van der Waals surface area contributed by atoms with Crippen LogP contribution in [0, 0.1) is 5.92 Å². The van der Waals surface area contributed by atoms with Crippen LogP contribution in [0.5, 0.6) is 0 Å². The summed E-state index contributed by atoms with van der Waals surface area (Å²) in [7, 11) is 0. The lowest BCUT2D eigenvalue weighted by Crippen LogP contribution is -2.28. The molecule has 0 radical (unpaired) electrons. The molecule has 0 unspecified atom stereocenters. The number of thioether (sulfide) groups is 1. The number of nitrogens with one attached hydrogen (secondary N) is 1. The van der Waals surface area contributed by atoms with Crippen molar-refractivity contribution in [2.75, 3.05) is 17.6 Å². The Morgan fingerprint density at radius 1 is 1.22 bits per heavy atom. The maximum absolute atomic E-state index is 12.4. The first-order valence-corrected chi connectivity index (χ1v) is 14.3. The summed E-state index contributed by atoms with van der Waals surface area (Å²) in [6.07, 6.45) is 6.72. The maximum Gasteiger partial charge on any atom is 0.330 e. The Labute approximate surface area is 223 Å². The summed E-state index contributed by atoms with van der Waals surface area (Å²) in [5.41, 5.74) is 0.785. The fourth-order valence-electron chi connectivity index (χ4n) is 4.76. The first-order chi connectivity index (χ1) is 17.5. The molecule has 11 heteroatoms. The summed E-state index contributed by atoms with van der Waals surface area (Å²) in [6.45, 7) is 14.5. The van der Waals surface area contributed by atoms with Crippen LogP contribution in [0.3, 0.4) is 0 Å². The number of rotatable bonds is 10. The third kappa shape index (κ3) is 6.61. The fourth-order valence-corrected chi connectivity index (χ4v) is 5.45. The van der Waals surface area contributed by atoms with Crippen LogP contribution in [-0.4, -0.2) is 66.8 Å². The van der Waals surface area contributed by atoms with Gasteiger partial charge in [0.05, 0.1) is 12.1 Å². The summed E-state index contributed by atoms with van der Waals surface area (Å²) in [5.74, 6) is 0.472. The van der Waals surface area contributed by atoms with E-state index in [0.717, 1.165) is 31.6 Å². The van der Waals surface area contributed by atoms with Gasteiger partial charge < -0.3 is 19.5 Å². The molecule has 3 heterocycles. The molecule has 2 aliphatic rings. The number of ether oxygens (including phenoxy) is 3. The fraction of sp³-hybridized carbons (Fsp3) is 0.731. The number of hydrogen-bond acceptors (Lipinski definition) is 10. The molecule has 1 saturated heterocycles. The van der Waals surface area contributed by atoms with E-state index in [1.807, 2.05) is 45.4 Å². The third-order valence-corrected chi connectivity index (χ3v) is 7.29. The standard InChI is InChI=1S/C26H40N6O4S/c1-8-10-13-27-22-19-23(29-24(28-22)37-14-9-2)32(31-30-19)17-15-16(11-12-18(33)34-25(3,4)5)20-21(17)36-26(6,7)35-20/h11-12,16-17,20-21H,8-10,13-15H2,1-7H3,(H,27,28,29)/b12-11+/t16-,17+,20+,21-/m0/s1. The summed E-state index contributed by atoms with van der Waals surface area (Å²) < 4.78 is 20.0. The topological polar surface area (TPSA) is 113 Å². The number of fused-ring (bicyclic) bond motifs is 2. The Kier molecular flexibility index (Phi) is 8.45. The molecule has 1 aliphatic carbocycles. The molecule has 0 bridgehead atoms. The third-order valence-electron chi connectivity index (χ3n) is 6.24. The van der Waals surface area contributed by atoms with Crippen LogP contribution < -0.4 is 5.32 Å². The molecule has 4 rings (SSSR count). The highest BCUT2D eigenvalue weighted by Crippen LogP contribution is 2.48. The van der Waals surface area contributed by atoms with Gasteiger partial charge in [-0.1, -0.05) is 43.3 Å².